The molecule has 2 aromatic heterocycles. The van der Waals surface area contributed by atoms with E-state index in [-0.39, 0.29) is 31.7 Å². The number of furan rings is 1. The lowest BCUT2D eigenvalue weighted by molar-refractivity contribution is -0.134. The summed E-state index contributed by atoms with van der Waals surface area (Å²) in [6, 6.07) is 8.74. The molecule has 0 aromatic carbocycles. The Morgan fingerprint density at radius 3 is 2.58 bits per heavy atom. The zero-order valence-corrected chi connectivity index (χ0v) is 14.0. The molecule has 9 heteroatoms. The van der Waals surface area contributed by atoms with Crippen molar-refractivity contribution in [3.05, 3.63) is 42.1 Å². The van der Waals surface area contributed by atoms with E-state index < -0.39 is 18.5 Å². The number of nitriles is 2. The summed E-state index contributed by atoms with van der Waals surface area (Å²) in [5, 5.41) is 21.3. The molecule has 0 unspecified atom stereocenters. The fourth-order valence-corrected chi connectivity index (χ4v) is 2.15. The molecule has 0 bridgehead atoms. The molecule has 2 rings (SSSR count). The van der Waals surface area contributed by atoms with Crippen molar-refractivity contribution in [3.63, 3.8) is 0 Å². The van der Waals surface area contributed by atoms with Gasteiger partial charge >= 0.3 is 5.97 Å². The van der Waals surface area contributed by atoms with Gasteiger partial charge in [-0.2, -0.15) is 15.6 Å². The average Bonchev–Trinajstić information content (AvgIpc) is 3.32. The van der Waals surface area contributed by atoms with E-state index in [0.717, 1.165) is 0 Å². The maximum absolute atomic E-state index is 12.1. The van der Waals surface area contributed by atoms with Crippen molar-refractivity contribution < 1.29 is 18.7 Å². The summed E-state index contributed by atoms with van der Waals surface area (Å²) < 4.78 is 12.0. The summed E-state index contributed by atoms with van der Waals surface area (Å²) in [4.78, 5) is 25.4. The second-order valence-corrected chi connectivity index (χ2v) is 5.24. The highest BCUT2D eigenvalue weighted by Crippen LogP contribution is 2.11. The van der Waals surface area contributed by atoms with E-state index in [4.69, 9.17) is 19.7 Å². The highest BCUT2D eigenvalue weighted by molar-refractivity contribution is 5.88. The number of aromatic nitrogens is 2. The molecule has 0 N–H and O–H groups in total. The zero-order chi connectivity index (χ0) is 18.8. The SMILES string of the molecule is N#CCCN(CCC#N)C(=O)COC(=O)c1ccc(Cn2cccn2)o1. The Hall–Kier alpha value is -3.59. The first-order valence-corrected chi connectivity index (χ1v) is 7.89. The second-order valence-electron chi connectivity index (χ2n) is 5.24. The number of amides is 1. The molecule has 0 spiro atoms. The van der Waals surface area contributed by atoms with Crippen molar-refractivity contribution in [2.24, 2.45) is 0 Å². The van der Waals surface area contributed by atoms with Gasteiger partial charge < -0.3 is 14.1 Å². The molecule has 26 heavy (non-hydrogen) atoms. The molecule has 9 nitrogen and oxygen atoms in total. The molecule has 0 saturated carbocycles. The van der Waals surface area contributed by atoms with Crippen molar-refractivity contribution in [3.8, 4) is 12.1 Å². The Kier molecular flexibility index (Phi) is 6.95. The molecule has 0 radical (unpaired) electrons. The van der Waals surface area contributed by atoms with E-state index >= 15 is 0 Å². The minimum Gasteiger partial charge on any atom is -0.452 e. The first-order valence-electron chi connectivity index (χ1n) is 7.89. The van der Waals surface area contributed by atoms with Crippen molar-refractivity contribution in [2.45, 2.75) is 19.4 Å². The predicted molar refractivity (Wildman–Crippen MR) is 87.4 cm³/mol. The van der Waals surface area contributed by atoms with Crippen molar-refractivity contribution >= 4 is 11.9 Å². The maximum atomic E-state index is 12.1. The van der Waals surface area contributed by atoms with Gasteiger partial charge in [0.15, 0.2) is 6.61 Å². The molecule has 134 valence electrons. The number of carbonyl (C=O) groups is 2. The van der Waals surface area contributed by atoms with Gasteiger partial charge in [-0.15, -0.1) is 0 Å². The third kappa shape index (κ3) is 5.49. The van der Waals surface area contributed by atoms with Crippen molar-refractivity contribution in [1.82, 2.24) is 14.7 Å². The van der Waals surface area contributed by atoms with E-state index in [9.17, 15) is 9.59 Å². The first-order chi connectivity index (χ1) is 12.6. The van der Waals surface area contributed by atoms with Gasteiger partial charge in [0.1, 0.15) is 5.76 Å². The quantitative estimate of drug-likeness (QED) is 0.621. The smallest absolute Gasteiger partial charge is 0.374 e. The van der Waals surface area contributed by atoms with Crippen LogP contribution >= 0.6 is 0 Å². The molecule has 1 amide bonds. The van der Waals surface area contributed by atoms with Crippen LogP contribution in [0.25, 0.3) is 0 Å². The van der Waals surface area contributed by atoms with Gasteiger partial charge in [-0.05, 0) is 18.2 Å². The molecule has 0 aliphatic carbocycles. The summed E-state index contributed by atoms with van der Waals surface area (Å²) in [7, 11) is 0. The lowest BCUT2D eigenvalue weighted by Gasteiger charge is -2.19. The van der Waals surface area contributed by atoms with Crippen LogP contribution in [0.2, 0.25) is 0 Å². The van der Waals surface area contributed by atoms with Crippen LogP contribution in [0.5, 0.6) is 0 Å². The number of esters is 1. The predicted octanol–water partition coefficient (Wildman–Crippen LogP) is 1.34. The molecule has 2 heterocycles. The van der Waals surface area contributed by atoms with Crippen LogP contribution < -0.4 is 0 Å². The zero-order valence-electron chi connectivity index (χ0n) is 14.0. The fraction of sp³-hybridized carbons (Fsp3) is 0.353. The van der Waals surface area contributed by atoms with E-state index in [2.05, 4.69) is 5.10 Å². The van der Waals surface area contributed by atoms with E-state index in [1.165, 1.54) is 11.0 Å². The van der Waals surface area contributed by atoms with E-state index in [1.54, 1.807) is 29.2 Å². The third-order valence-corrected chi connectivity index (χ3v) is 3.41. The number of ether oxygens (including phenoxy) is 1. The Morgan fingerprint density at radius 2 is 1.96 bits per heavy atom. The van der Waals surface area contributed by atoms with Gasteiger partial charge in [0.25, 0.3) is 5.91 Å². The van der Waals surface area contributed by atoms with Crippen LogP contribution in [-0.2, 0) is 16.1 Å². The molecular weight excluding hydrogens is 338 g/mol. The average molecular weight is 355 g/mol. The van der Waals surface area contributed by atoms with Crippen molar-refractivity contribution in [2.75, 3.05) is 19.7 Å². The first kappa shape index (κ1) is 18.7. The van der Waals surface area contributed by atoms with E-state index in [0.29, 0.717) is 12.3 Å². The minimum absolute atomic E-state index is 0.0134. The summed E-state index contributed by atoms with van der Waals surface area (Å²) in [6.07, 6.45) is 3.67. The Morgan fingerprint density at radius 1 is 1.23 bits per heavy atom. The van der Waals surface area contributed by atoms with Crippen LogP contribution in [0.1, 0.15) is 29.2 Å². The summed E-state index contributed by atoms with van der Waals surface area (Å²) >= 11 is 0. The van der Waals surface area contributed by atoms with Gasteiger partial charge in [-0.25, -0.2) is 4.79 Å². The largest absolute Gasteiger partial charge is 0.452 e. The van der Waals surface area contributed by atoms with Gasteiger partial charge in [0.05, 0.1) is 31.5 Å². The van der Waals surface area contributed by atoms with Gasteiger partial charge in [0.2, 0.25) is 5.76 Å². The van der Waals surface area contributed by atoms with Crippen LogP contribution in [0.4, 0.5) is 0 Å². The molecule has 0 atom stereocenters. The van der Waals surface area contributed by atoms with Gasteiger partial charge in [-0.1, -0.05) is 0 Å². The molecule has 0 fully saturated rings. The Balaban J connectivity index is 1.86. The van der Waals surface area contributed by atoms with Crippen LogP contribution in [0.15, 0.2) is 35.0 Å². The van der Waals surface area contributed by atoms with Crippen LogP contribution in [0, 0.1) is 22.7 Å². The highest BCUT2D eigenvalue weighted by atomic mass is 16.5. The van der Waals surface area contributed by atoms with E-state index in [1.807, 2.05) is 12.1 Å². The summed E-state index contributed by atoms with van der Waals surface area (Å²) in [5.41, 5.74) is 0. The topological polar surface area (TPSA) is 125 Å². The monoisotopic (exact) mass is 355 g/mol. The number of hydrogen-bond donors (Lipinski definition) is 0. The lowest BCUT2D eigenvalue weighted by atomic mass is 10.3. The Labute approximate surface area is 150 Å². The standard InChI is InChI=1S/C17H17N5O4/c18-6-1-9-21(10-2-7-19)16(23)13-25-17(24)15-5-4-14(26-15)12-22-11-3-8-20-22/h3-5,8,11H,1-2,9-10,12-13H2. The maximum Gasteiger partial charge on any atom is 0.374 e. The fourth-order valence-electron chi connectivity index (χ4n) is 2.15. The van der Waals surface area contributed by atoms with Gasteiger partial charge in [0, 0.05) is 25.5 Å². The molecule has 0 aliphatic heterocycles. The molecule has 0 saturated heterocycles. The normalized spacial score (nSPS) is 9.92. The number of rotatable bonds is 9. The Bertz CT molecular complexity index is 795. The number of nitrogens with zero attached hydrogens (tertiary/aromatic N) is 5. The third-order valence-electron chi connectivity index (χ3n) is 3.41. The highest BCUT2D eigenvalue weighted by Gasteiger charge is 2.18. The van der Waals surface area contributed by atoms with Gasteiger partial charge in [-0.3, -0.25) is 9.48 Å². The van der Waals surface area contributed by atoms with Crippen molar-refractivity contribution in [1.29, 1.82) is 10.5 Å². The van der Waals surface area contributed by atoms with Crippen LogP contribution in [0.3, 0.4) is 0 Å². The van der Waals surface area contributed by atoms with Crippen LogP contribution in [-0.4, -0.2) is 46.3 Å². The second kappa shape index (κ2) is 9.64. The number of hydrogen-bond acceptors (Lipinski definition) is 7. The lowest BCUT2D eigenvalue weighted by Crippen LogP contribution is -2.36. The molecule has 2 aromatic rings. The molecular formula is C17H17N5O4. The number of carbonyl (C=O) groups excluding carboxylic acids is 2. The molecule has 0 aliphatic rings. The summed E-state index contributed by atoms with van der Waals surface area (Å²) in [6.45, 7) is 0.257. The summed E-state index contributed by atoms with van der Waals surface area (Å²) in [5.74, 6) is -0.713. The minimum atomic E-state index is -0.759.